The lowest BCUT2D eigenvalue weighted by molar-refractivity contribution is 1.22. The van der Waals surface area contributed by atoms with Crippen molar-refractivity contribution in [3.05, 3.63) is 66.3 Å². The van der Waals surface area contributed by atoms with Crippen molar-refractivity contribution in [2.75, 3.05) is 6.54 Å². The Balaban J connectivity index is 2.36. The van der Waals surface area contributed by atoms with E-state index in [9.17, 15) is 0 Å². The van der Waals surface area contributed by atoms with Gasteiger partial charge in [-0.15, -0.1) is 0 Å². The summed E-state index contributed by atoms with van der Waals surface area (Å²) in [7, 11) is 0. The second-order valence-corrected chi connectivity index (χ2v) is 3.97. The minimum absolute atomic E-state index is 0.759. The molecule has 0 unspecified atom stereocenters. The first kappa shape index (κ1) is 11.6. The smallest absolute Gasteiger partial charge is 0.0659 e. The summed E-state index contributed by atoms with van der Waals surface area (Å²) in [5.41, 5.74) is 4.74. The molecule has 1 heterocycles. The molecule has 86 valence electrons. The molecule has 0 atom stereocenters. The summed E-state index contributed by atoms with van der Waals surface area (Å²) in [5, 5.41) is 0. The van der Waals surface area contributed by atoms with Gasteiger partial charge in [-0.3, -0.25) is 4.99 Å². The van der Waals surface area contributed by atoms with E-state index < -0.39 is 0 Å². The molecule has 0 saturated carbocycles. The van der Waals surface area contributed by atoms with Gasteiger partial charge in [0.2, 0.25) is 0 Å². The molecule has 0 radical (unpaired) electrons. The molecular weight excluding hydrogens is 206 g/mol. The Morgan fingerprint density at radius 1 is 1.29 bits per heavy atom. The summed E-state index contributed by atoms with van der Waals surface area (Å²) >= 11 is 0. The topological polar surface area (TPSA) is 12.4 Å². The fourth-order valence-corrected chi connectivity index (χ4v) is 1.98. The Morgan fingerprint density at radius 2 is 2.06 bits per heavy atom. The molecule has 17 heavy (non-hydrogen) atoms. The van der Waals surface area contributed by atoms with Crippen molar-refractivity contribution in [3.63, 3.8) is 0 Å². The number of allylic oxidation sites excluding steroid dienone is 4. The number of benzene rings is 1. The monoisotopic (exact) mass is 223 g/mol. The lowest BCUT2D eigenvalue weighted by atomic mass is 9.99. The largest absolute Gasteiger partial charge is 0.280 e. The van der Waals surface area contributed by atoms with Gasteiger partial charge in [-0.1, -0.05) is 56.0 Å². The molecule has 2 rings (SSSR count). The molecule has 0 bridgehead atoms. The predicted octanol–water partition coefficient (Wildman–Crippen LogP) is 4.05. The number of hydrogen-bond donors (Lipinski definition) is 0. The molecule has 0 aromatic heterocycles. The molecule has 0 amide bonds. The second kappa shape index (κ2) is 5.44. The van der Waals surface area contributed by atoms with Gasteiger partial charge in [0.15, 0.2) is 0 Å². The first-order chi connectivity index (χ1) is 8.36. The molecule has 1 nitrogen and oxygen atoms in total. The molecule has 1 aliphatic heterocycles. The highest BCUT2D eigenvalue weighted by atomic mass is 14.8. The van der Waals surface area contributed by atoms with Crippen LogP contribution < -0.4 is 0 Å². The zero-order chi connectivity index (χ0) is 12.1. The Kier molecular flexibility index (Phi) is 3.71. The first-order valence-electron chi connectivity index (χ1n) is 5.99. The van der Waals surface area contributed by atoms with Crippen LogP contribution in [0.3, 0.4) is 0 Å². The first-order valence-corrected chi connectivity index (χ1v) is 5.99. The fraction of sp³-hybridized carbons (Fsp3) is 0.188. The van der Waals surface area contributed by atoms with E-state index in [1.807, 2.05) is 12.1 Å². The molecule has 0 N–H and O–H groups in total. The summed E-state index contributed by atoms with van der Waals surface area (Å²) < 4.78 is 0. The van der Waals surface area contributed by atoms with Crippen LogP contribution in [0.1, 0.15) is 18.9 Å². The molecule has 0 aliphatic carbocycles. The van der Waals surface area contributed by atoms with Gasteiger partial charge in [0.1, 0.15) is 0 Å². The summed E-state index contributed by atoms with van der Waals surface area (Å²) in [6.45, 7) is 6.79. The lowest BCUT2D eigenvalue weighted by Gasteiger charge is -2.03. The van der Waals surface area contributed by atoms with Gasteiger partial charge in [0, 0.05) is 5.57 Å². The van der Waals surface area contributed by atoms with Crippen molar-refractivity contribution in [2.24, 2.45) is 4.99 Å². The molecule has 1 aromatic rings. The Bertz CT molecular complexity index is 490. The van der Waals surface area contributed by atoms with E-state index in [2.05, 4.69) is 54.9 Å². The van der Waals surface area contributed by atoms with Crippen LogP contribution in [-0.4, -0.2) is 12.3 Å². The van der Waals surface area contributed by atoms with Crippen molar-refractivity contribution >= 4 is 11.3 Å². The van der Waals surface area contributed by atoms with E-state index in [0.717, 1.165) is 18.7 Å². The quantitative estimate of drug-likeness (QED) is 0.730. The average Bonchev–Trinajstić information content (AvgIpc) is 2.80. The predicted molar refractivity (Wildman–Crippen MR) is 75.3 cm³/mol. The van der Waals surface area contributed by atoms with Crippen LogP contribution in [0.25, 0.3) is 5.57 Å². The number of nitrogens with zero attached hydrogens (tertiary/aromatic N) is 1. The van der Waals surface area contributed by atoms with Gasteiger partial charge >= 0.3 is 0 Å². The molecule has 0 fully saturated rings. The maximum absolute atomic E-state index is 4.57. The van der Waals surface area contributed by atoms with Crippen molar-refractivity contribution < 1.29 is 0 Å². The van der Waals surface area contributed by atoms with Gasteiger partial charge in [0.25, 0.3) is 0 Å². The van der Waals surface area contributed by atoms with E-state index in [4.69, 9.17) is 0 Å². The van der Waals surface area contributed by atoms with Crippen LogP contribution in [0.5, 0.6) is 0 Å². The van der Waals surface area contributed by atoms with Crippen LogP contribution in [0.2, 0.25) is 0 Å². The molecule has 1 aliphatic rings. The standard InChI is InChI=1S/C16H17N/c1-3-5-11-16-14(4-2)15(12-17-16)13-9-7-6-8-10-13/h4-11H,2-3,12H2,1H3/b11-5-. The van der Waals surface area contributed by atoms with E-state index in [-0.39, 0.29) is 0 Å². The molecular formula is C16H17N. The third-order valence-electron chi connectivity index (χ3n) is 2.85. The van der Waals surface area contributed by atoms with Crippen LogP contribution >= 0.6 is 0 Å². The van der Waals surface area contributed by atoms with Crippen LogP contribution in [0, 0.1) is 0 Å². The summed E-state index contributed by atoms with van der Waals surface area (Å²) in [4.78, 5) is 4.57. The molecule has 0 spiro atoms. The van der Waals surface area contributed by atoms with Crippen molar-refractivity contribution in [1.82, 2.24) is 0 Å². The van der Waals surface area contributed by atoms with Crippen LogP contribution in [-0.2, 0) is 0 Å². The van der Waals surface area contributed by atoms with Crippen LogP contribution in [0.15, 0.2) is 65.7 Å². The highest BCUT2D eigenvalue weighted by Gasteiger charge is 2.15. The van der Waals surface area contributed by atoms with Crippen molar-refractivity contribution in [1.29, 1.82) is 0 Å². The zero-order valence-electron chi connectivity index (χ0n) is 10.2. The highest BCUT2D eigenvalue weighted by Crippen LogP contribution is 2.26. The Hall–Kier alpha value is -1.89. The van der Waals surface area contributed by atoms with Gasteiger partial charge in [-0.05, 0) is 23.6 Å². The summed E-state index contributed by atoms with van der Waals surface area (Å²) in [6, 6.07) is 10.4. The van der Waals surface area contributed by atoms with E-state index in [1.54, 1.807) is 0 Å². The second-order valence-electron chi connectivity index (χ2n) is 3.97. The maximum atomic E-state index is 4.57. The molecule has 1 heteroatoms. The molecule has 1 aromatic carbocycles. The Morgan fingerprint density at radius 3 is 2.71 bits per heavy atom. The number of rotatable bonds is 4. The lowest BCUT2D eigenvalue weighted by Crippen LogP contribution is -1.94. The SMILES string of the molecule is C=CC1=C(c2ccccc2)CN=C1/C=C\CC. The highest BCUT2D eigenvalue weighted by molar-refractivity contribution is 6.17. The average molecular weight is 223 g/mol. The van der Waals surface area contributed by atoms with Gasteiger partial charge < -0.3 is 0 Å². The minimum atomic E-state index is 0.759. The molecule has 0 saturated heterocycles. The van der Waals surface area contributed by atoms with Gasteiger partial charge in [0.05, 0.1) is 12.3 Å². The van der Waals surface area contributed by atoms with E-state index in [0.29, 0.717) is 0 Å². The summed E-state index contributed by atoms with van der Waals surface area (Å²) in [6.07, 6.45) is 7.17. The number of aliphatic imine (C=N–C) groups is 1. The normalized spacial score (nSPS) is 15.5. The van der Waals surface area contributed by atoms with Gasteiger partial charge in [-0.25, -0.2) is 0 Å². The van der Waals surface area contributed by atoms with Crippen molar-refractivity contribution in [3.8, 4) is 0 Å². The third kappa shape index (κ3) is 2.44. The van der Waals surface area contributed by atoms with Crippen molar-refractivity contribution in [2.45, 2.75) is 13.3 Å². The minimum Gasteiger partial charge on any atom is -0.280 e. The summed E-state index contributed by atoms with van der Waals surface area (Å²) in [5.74, 6) is 0. The third-order valence-corrected chi connectivity index (χ3v) is 2.85. The zero-order valence-corrected chi connectivity index (χ0v) is 10.2. The van der Waals surface area contributed by atoms with E-state index >= 15 is 0 Å². The maximum Gasteiger partial charge on any atom is 0.0659 e. The fourth-order valence-electron chi connectivity index (χ4n) is 1.98. The van der Waals surface area contributed by atoms with E-state index in [1.165, 1.54) is 16.7 Å². The Labute approximate surface area is 103 Å². The van der Waals surface area contributed by atoms with Crippen LogP contribution in [0.4, 0.5) is 0 Å². The van der Waals surface area contributed by atoms with Gasteiger partial charge in [-0.2, -0.15) is 0 Å². The number of hydrogen-bond acceptors (Lipinski definition) is 1.